The molecule has 0 N–H and O–H groups in total. The maximum atomic E-state index is 5.52. The van der Waals surface area contributed by atoms with Gasteiger partial charge >= 0.3 is 0 Å². The fourth-order valence-corrected chi connectivity index (χ4v) is 24.6. The topological polar surface area (TPSA) is 79.2 Å². The molecule has 6 heterocycles. The Bertz CT molecular complexity index is 8950. The van der Waals surface area contributed by atoms with Crippen LogP contribution in [0.15, 0.2) is 461 Å². The molecule has 0 radical (unpaired) electrons. The molecule has 144 heavy (non-hydrogen) atoms. The summed E-state index contributed by atoms with van der Waals surface area (Å²) < 4.78 is 7.28. The largest absolute Gasteiger partial charge is 0.292 e. The molecule has 0 aliphatic heterocycles. The van der Waals surface area contributed by atoms with Gasteiger partial charge in [0.1, 0.15) is 11.6 Å². The minimum atomic E-state index is -0.148. The van der Waals surface area contributed by atoms with Crippen LogP contribution in [0.2, 0.25) is 0 Å². The number of fused-ring (bicyclic) bond motifs is 24. The van der Waals surface area contributed by atoms with E-state index in [9.17, 15) is 0 Å². The average Bonchev–Trinajstić information content (AvgIpc) is 1.49. The second-order valence-electron chi connectivity index (χ2n) is 40.4. The molecule has 0 spiro atoms. The van der Waals surface area contributed by atoms with Gasteiger partial charge in [0.2, 0.25) is 5.95 Å². The Labute approximate surface area is 833 Å². The predicted molar refractivity (Wildman–Crippen MR) is 602 cm³/mol. The molecular weight excluding hydrogens is 1750 g/mol. The lowest BCUT2D eigenvalue weighted by atomic mass is 9.68. The summed E-state index contributed by atoms with van der Waals surface area (Å²) in [6, 6.07) is 166. The smallest absolute Gasteiger partial charge is 0.235 e. The second-order valence-corrected chi connectivity index (χ2v) is 40.4. The number of benzene rings is 21. The Kier molecular flexibility index (Phi) is 19.0. The summed E-state index contributed by atoms with van der Waals surface area (Å²) in [6.45, 7) is 14.2. The molecule has 3 aliphatic rings. The number of rotatable bonds is 9. The number of aromatic nitrogens is 8. The Morgan fingerprint density at radius 1 is 0.174 bits per heavy atom. The van der Waals surface area contributed by atoms with E-state index in [4.69, 9.17) is 24.9 Å². The molecule has 8 heteroatoms. The van der Waals surface area contributed by atoms with Crippen LogP contribution >= 0.6 is 0 Å². The van der Waals surface area contributed by atoms with Crippen molar-refractivity contribution in [3.63, 3.8) is 0 Å². The van der Waals surface area contributed by atoms with E-state index in [0.29, 0.717) is 11.8 Å². The summed E-state index contributed by atoms with van der Waals surface area (Å²) in [5, 5.41) is 22.3. The highest BCUT2D eigenvalue weighted by Gasteiger charge is 2.41. The fraction of sp³-hybridized carbons (Fsp3) is 0.0662. The summed E-state index contributed by atoms with van der Waals surface area (Å²) in [5.41, 5.74) is 33.6. The van der Waals surface area contributed by atoms with Crippen molar-refractivity contribution in [3.05, 3.63) is 494 Å². The van der Waals surface area contributed by atoms with Crippen LogP contribution < -0.4 is 0 Å². The summed E-state index contributed by atoms with van der Waals surface area (Å²) in [7, 11) is 0. The molecule has 3 aliphatic carbocycles. The highest BCUT2D eigenvalue weighted by atomic mass is 15.2. The van der Waals surface area contributed by atoms with Crippen LogP contribution in [-0.4, -0.2) is 38.6 Å². The quantitative estimate of drug-likeness (QED) is 0.144. The summed E-state index contributed by atoms with van der Waals surface area (Å²) in [4.78, 5) is 26.9. The first-order valence-electron chi connectivity index (χ1n) is 49.9. The molecule has 678 valence electrons. The van der Waals surface area contributed by atoms with Gasteiger partial charge in [-0.3, -0.25) is 13.7 Å². The van der Waals surface area contributed by atoms with Gasteiger partial charge in [-0.2, -0.15) is 0 Å². The molecule has 0 amide bonds. The minimum Gasteiger partial charge on any atom is -0.292 e. The Hall–Kier alpha value is -18.1. The van der Waals surface area contributed by atoms with Crippen molar-refractivity contribution in [2.24, 2.45) is 0 Å². The molecule has 27 aromatic rings. The number of hydrogen-bond acceptors (Lipinski definition) is 5. The third-order valence-electron chi connectivity index (χ3n) is 31.3. The standard InChI is InChI=1S/C46H32N2.2C45H31N3/c1-46(2)38-22-12-11-21-36(38)43-42-32(19-13-23-39(42)46)26-37-35-25-24-30-16-9-10-20-34(30)44(35)48(45(37)43)41-28-33(29-14-5-3-6-15-29)27-40(47-41)31-17-7-4-8-18-31;1-45(2)36-22-12-11-21-34(36)41-40-31(19-13-23-37(40)45)26-35-33-25-24-28-14-9-10-20-32(28)42(33)48(43(35)41)39-27-38(29-15-5-3-6-16-29)46-44(47-39)30-17-7-4-8-18-30;1-45(2)36-22-12-11-21-34(36)41-40-31(19-13-23-37(40)45)26-35-33-25-24-28-14-9-10-20-32(28)42(33)48(43(35)41)44-46-38(29-15-5-3-6-16-29)27-39(47-44)30-17-7-4-8-18-30/h3-28H,1-2H3;2*3-27H,1-2H3. The number of nitrogens with zero attached hydrogens (tertiary/aromatic N) is 8. The molecule has 30 rings (SSSR count). The van der Waals surface area contributed by atoms with Gasteiger partial charge in [0, 0.05) is 115 Å². The van der Waals surface area contributed by atoms with E-state index in [1.54, 1.807) is 0 Å². The monoisotopic (exact) mass is 1840 g/mol. The minimum absolute atomic E-state index is 0.133. The van der Waals surface area contributed by atoms with Gasteiger partial charge in [0.25, 0.3) is 0 Å². The molecule has 0 fully saturated rings. The third kappa shape index (κ3) is 12.9. The van der Waals surface area contributed by atoms with Crippen molar-refractivity contribution in [2.75, 3.05) is 0 Å². The van der Waals surface area contributed by atoms with Crippen molar-refractivity contribution in [1.29, 1.82) is 0 Å². The van der Waals surface area contributed by atoms with Gasteiger partial charge in [0.15, 0.2) is 5.82 Å². The molecule has 0 saturated heterocycles. The predicted octanol–water partition coefficient (Wildman–Crippen LogP) is 35.2. The van der Waals surface area contributed by atoms with Crippen LogP contribution in [0.5, 0.6) is 0 Å². The van der Waals surface area contributed by atoms with Crippen LogP contribution in [0.3, 0.4) is 0 Å². The first kappa shape index (κ1) is 84.0. The molecule has 0 bridgehead atoms. The Morgan fingerprint density at radius 2 is 0.465 bits per heavy atom. The first-order valence-corrected chi connectivity index (χ1v) is 49.9. The molecule has 8 nitrogen and oxygen atoms in total. The molecule has 6 aromatic heterocycles. The zero-order chi connectivity index (χ0) is 96.0. The number of hydrogen-bond donors (Lipinski definition) is 0. The summed E-state index contributed by atoms with van der Waals surface area (Å²) in [6.07, 6.45) is 0. The molecule has 21 aromatic carbocycles. The normalized spacial score (nSPS) is 13.4. The number of pyridine rings is 1. The van der Waals surface area contributed by atoms with Crippen LogP contribution in [0.4, 0.5) is 0 Å². The van der Waals surface area contributed by atoms with Crippen molar-refractivity contribution >= 4 is 130 Å². The van der Waals surface area contributed by atoms with E-state index in [1.807, 2.05) is 6.07 Å². The van der Waals surface area contributed by atoms with Gasteiger partial charge < -0.3 is 0 Å². The van der Waals surface area contributed by atoms with Gasteiger partial charge in [-0.05, 0) is 146 Å². The van der Waals surface area contributed by atoms with Crippen LogP contribution in [0, 0.1) is 0 Å². The highest BCUT2D eigenvalue weighted by Crippen LogP contribution is 2.59. The van der Waals surface area contributed by atoms with E-state index in [0.717, 1.165) is 84.3 Å². The van der Waals surface area contributed by atoms with E-state index in [2.05, 4.69) is 510 Å². The van der Waals surface area contributed by atoms with Crippen LogP contribution in [0.25, 0.3) is 249 Å². The lowest BCUT2D eigenvalue weighted by Gasteiger charge is -2.35. The Morgan fingerprint density at radius 3 is 0.847 bits per heavy atom. The third-order valence-corrected chi connectivity index (χ3v) is 31.3. The molecule has 0 saturated carbocycles. The summed E-state index contributed by atoms with van der Waals surface area (Å²) in [5.74, 6) is 3.15. The van der Waals surface area contributed by atoms with Crippen molar-refractivity contribution in [2.45, 2.75) is 57.8 Å². The average molecular weight is 1840 g/mol. The summed E-state index contributed by atoms with van der Waals surface area (Å²) >= 11 is 0. The molecular formula is C136H94N8. The Balaban J connectivity index is 0.000000105. The van der Waals surface area contributed by atoms with Crippen molar-refractivity contribution in [3.8, 4) is 119 Å². The lowest BCUT2D eigenvalue weighted by molar-refractivity contribution is 0.645. The van der Waals surface area contributed by atoms with E-state index < -0.39 is 0 Å². The van der Waals surface area contributed by atoms with E-state index >= 15 is 0 Å². The van der Waals surface area contributed by atoms with Crippen LogP contribution in [-0.2, 0) is 16.2 Å². The highest BCUT2D eigenvalue weighted by molar-refractivity contribution is 6.30. The van der Waals surface area contributed by atoms with Crippen molar-refractivity contribution < 1.29 is 0 Å². The second kappa shape index (κ2) is 32.5. The maximum Gasteiger partial charge on any atom is 0.235 e. The van der Waals surface area contributed by atoms with Gasteiger partial charge in [-0.25, -0.2) is 24.9 Å². The van der Waals surface area contributed by atoms with Crippen LogP contribution in [0.1, 0.15) is 74.9 Å². The molecule has 0 atom stereocenters. The van der Waals surface area contributed by atoms with Gasteiger partial charge in [-0.1, -0.05) is 460 Å². The lowest BCUT2D eigenvalue weighted by Crippen LogP contribution is -2.23. The van der Waals surface area contributed by atoms with Gasteiger partial charge in [-0.15, -0.1) is 0 Å². The van der Waals surface area contributed by atoms with Gasteiger partial charge in [0.05, 0.1) is 55.9 Å². The first-order chi connectivity index (χ1) is 70.7. The fourth-order valence-electron chi connectivity index (χ4n) is 24.6. The zero-order valence-electron chi connectivity index (χ0n) is 80.5. The maximum absolute atomic E-state index is 5.52. The molecule has 0 unspecified atom stereocenters. The van der Waals surface area contributed by atoms with Crippen molar-refractivity contribution in [1.82, 2.24) is 38.6 Å². The zero-order valence-corrected chi connectivity index (χ0v) is 80.5. The van der Waals surface area contributed by atoms with E-state index in [-0.39, 0.29) is 16.2 Å². The van der Waals surface area contributed by atoms with E-state index in [1.165, 1.54) is 186 Å². The SMILES string of the molecule is CC1(C)c2ccccc2-c2c3c1cccc3cc1c3ccc4ccccc4c3n(-c3cc(-c4ccccc4)cc(-c4ccccc4)n3)c21.CC1(C)c2ccccc2-c2c3c1cccc3cc1c3ccc4ccccc4c3n(-c3cc(-c4ccccc4)nc(-c4ccccc4)n3)c21.CC1(C)c2ccccc2-c2c3c1cccc3cc1c3ccc4ccccc4c3n(-c3nc(-c4ccccc4)cc(-c4ccccc4)n3)c21.